The van der Waals surface area contributed by atoms with Crippen LogP contribution in [0.1, 0.15) is 36.7 Å². The van der Waals surface area contributed by atoms with Crippen LogP contribution in [0.15, 0.2) is 5.38 Å². The van der Waals surface area contributed by atoms with Crippen molar-refractivity contribution in [3.05, 3.63) is 11.1 Å². The van der Waals surface area contributed by atoms with Crippen molar-refractivity contribution in [3.63, 3.8) is 0 Å². The summed E-state index contributed by atoms with van der Waals surface area (Å²) in [6, 6.07) is 1.40. The Balaban J connectivity index is 1.78. The fourth-order valence-electron chi connectivity index (χ4n) is 3.05. The van der Waals surface area contributed by atoms with E-state index >= 15 is 0 Å². The predicted molar refractivity (Wildman–Crippen MR) is 73.5 cm³/mol. The normalized spacial score (nSPS) is 28.4. The number of carbonyl (C=O) groups excluding carboxylic acids is 1. The van der Waals surface area contributed by atoms with Crippen molar-refractivity contribution in [2.24, 2.45) is 0 Å². The topological polar surface area (TPSA) is 36.4 Å². The first-order valence-electron chi connectivity index (χ1n) is 6.58. The van der Waals surface area contributed by atoms with Crippen molar-refractivity contribution < 1.29 is 4.79 Å². The SMILES string of the molecule is CC(=O)c1csc(N2CCC3CCC(C2)N3C)n1. The van der Waals surface area contributed by atoms with E-state index in [0.29, 0.717) is 11.7 Å². The first-order valence-corrected chi connectivity index (χ1v) is 7.46. The summed E-state index contributed by atoms with van der Waals surface area (Å²) < 4.78 is 0. The number of aromatic nitrogens is 1. The molecule has 2 aliphatic heterocycles. The fourth-order valence-corrected chi connectivity index (χ4v) is 3.96. The molecule has 2 fully saturated rings. The Morgan fingerprint density at radius 3 is 2.89 bits per heavy atom. The first kappa shape index (κ1) is 12.1. The van der Waals surface area contributed by atoms with Gasteiger partial charge in [-0.2, -0.15) is 0 Å². The lowest BCUT2D eigenvalue weighted by Gasteiger charge is -2.25. The maximum atomic E-state index is 11.3. The van der Waals surface area contributed by atoms with Crippen molar-refractivity contribution in [2.45, 2.75) is 38.3 Å². The number of likely N-dealkylation sites (N-methyl/N-ethyl adjacent to an activating group) is 1. The van der Waals surface area contributed by atoms with E-state index < -0.39 is 0 Å². The Labute approximate surface area is 112 Å². The van der Waals surface area contributed by atoms with Gasteiger partial charge in [-0.05, 0) is 26.3 Å². The van der Waals surface area contributed by atoms with E-state index in [1.807, 2.05) is 5.38 Å². The lowest BCUT2D eigenvalue weighted by molar-refractivity contribution is 0.101. The molecule has 2 saturated heterocycles. The summed E-state index contributed by atoms with van der Waals surface area (Å²) in [7, 11) is 2.24. The van der Waals surface area contributed by atoms with Gasteiger partial charge in [-0.15, -0.1) is 11.3 Å². The highest BCUT2D eigenvalue weighted by Gasteiger charge is 2.35. The number of thiazole rings is 1. The molecule has 3 heterocycles. The van der Waals surface area contributed by atoms with E-state index in [0.717, 1.165) is 24.3 Å². The second kappa shape index (κ2) is 4.63. The van der Waals surface area contributed by atoms with E-state index in [2.05, 4.69) is 21.8 Å². The van der Waals surface area contributed by atoms with E-state index in [-0.39, 0.29) is 5.78 Å². The third kappa shape index (κ3) is 2.06. The standard InChI is InChI=1S/C13H19N3OS/c1-9(17)12-8-18-13(14-12)16-6-5-10-3-4-11(7-16)15(10)2/h8,10-11H,3-7H2,1-2H3. The molecule has 98 valence electrons. The van der Waals surface area contributed by atoms with Crippen LogP contribution in [0.5, 0.6) is 0 Å². The van der Waals surface area contributed by atoms with Crippen LogP contribution < -0.4 is 4.90 Å². The Morgan fingerprint density at radius 2 is 2.17 bits per heavy atom. The molecule has 2 atom stereocenters. The largest absolute Gasteiger partial charge is 0.346 e. The molecular formula is C13H19N3OS. The van der Waals surface area contributed by atoms with Gasteiger partial charge in [-0.1, -0.05) is 0 Å². The molecule has 1 aromatic heterocycles. The van der Waals surface area contributed by atoms with Crippen LogP contribution in [0.2, 0.25) is 0 Å². The number of anilines is 1. The van der Waals surface area contributed by atoms with Gasteiger partial charge in [0.05, 0.1) is 0 Å². The summed E-state index contributed by atoms with van der Waals surface area (Å²) in [4.78, 5) is 20.7. The Kier molecular flexibility index (Phi) is 3.11. The Morgan fingerprint density at radius 1 is 1.39 bits per heavy atom. The summed E-state index contributed by atoms with van der Waals surface area (Å²) in [6.07, 6.45) is 3.84. The van der Waals surface area contributed by atoms with Gasteiger partial charge in [0, 0.05) is 37.5 Å². The van der Waals surface area contributed by atoms with Crippen LogP contribution >= 0.6 is 11.3 Å². The molecule has 0 radical (unpaired) electrons. The third-order valence-electron chi connectivity index (χ3n) is 4.27. The van der Waals surface area contributed by atoms with Gasteiger partial charge in [0.15, 0.2) is 10.9 Å². The fraction of sp³-hybridized carbons (Fsp3) is 0.692. The van der Waals surface area contributed by atoms with Crippen molar-refractivity contribution in [1.82, 2.24) is 9.88 Å². The molecule has 0 saturated carbocycles. The quantitative estimate of drug-likeness (QED) is 0.767. The summed E-state index contributed by atoms with van der Waals surface area (Å²) in [6.45, 7) is 3.70. The molecule has 3 rings (SSSR count). The number of hydrogen-bond donors (Lipinski definition) is 0. The van der Waals surface area contributed by atoms with Crippen LogP contribution in [0, 0.1) is 0 Å². The zero-order valence-corrected chi connectivity index (χ0v) is 11.7. The number of nitrogens with zero attached hydrogens (tertiary/aromatic N) is 3. The van der Waals surface area contributed by atoms with Gasteiger partial charge in [-0.25, -0.2) is 4.98 Å². The lowest BCUT2D eigenvalue weighted by atomic mass is 10.1. The molecular weight excluding hydrogens is 246 g/mol. The van der Waals surface area contributed by atoms with Crippen molar-refractivity contribution >= 4 is 22.3 Å². The average Bonchev–Trinajstić information content (AvgIpc) is 2.86. The molecule has 0 aliphatic carbocycles. The summed E-state index contributed by atoms with van der Waals surface area (Å²) in [5, 5.41) is 2.89. The molecule has 5 heteroatoms. The van der Waals surface area contributed by atoms with Gasteiger partial charge in [0.25, 0.3) is 0 Å². The Bertz CT molecular complexity index is 459. The first-order chi connectivity index (χ1) is 8.65. The smallest absolute Gasteiger partial charge is 0.186 e. The molecule has 0 aromatic carbocycles. The van der Waals surface area contributed by atoms with Gasteiger partial charge in [-0.3, -0.25) is 9.69 Å². The van der Waals surface area contributed by atoms with E-state index in [9.17, 15) is 4.79 Å². The highest BCUT2D eigenvalue weighted by atomic mass is 32.1. The van der Waals surface area contributed by atoms with Crippen LogP contribution in [-0.4, -0.2) is 47.9 Å². The molecule has 2 unspecified atom stereocenters. The average molecular weight is 265 g/mol. The molecule has 0 N–H and O–H groups in total. The number of rotatable bonds is 2. The third-order valence-corrected chi connectivity index (χ3v) is 5.17. The molecule has 0 spiro atoms. The van der Waals surface area contributed by atoms with E-state index in [4.69, 9.17) is 0 Å². The van der Waals surface area contributed by atoms with Crippen LogP contribution in [0.3, 0.4) is 0 Å². The minimum absolute atomic E-state index is 0.0611. The monoisotopic (exact) mass is 265 g/mol. The van der Waals surface area contributed by atoms with E-state index in [1.165, 1.54) is 19.3 Å². The molecule has 1 aromatic rings. The van der Waals surface area contributed by atoms with Crippen molar-refractivity contribution in [2.75, 3.05) is 25.0 Å². The second-order valence-corrected chi connectivity index (χ2v) is 6.19. The van der Waals surface area contributed by atoms with Crippen LogP contribution in [0.25, 0.3) is 0 Å². The highest BCUT2D eigenvalue weighted by molar-refractivity contribution is 7.13. The lowest BCUT2D eigenvalue weighted by Crippen LogP contribution is -2.36. The van der Waals surface area contributed by atoms with Crippen LogP contribution in [0.4, 0.5) is 5.13 Å². The minimum atomic E-state index is 0.0611. The number of Topliss-reactive ketones (excluding diaryl/α,β-unsaturated/α-hetero) is 1. The second-order valence-electron chi connectivity index (χ2n) is 5.36. The predicted octanol–water partition coefficient (Wildman–Crippen LogP) is 2.02. The van der Waals surface area contributed by atoms with Crippen molar-refractivity contribution in [3.8, 4) is 0 Å². The maximum Gasteiger partial charge on any atom is 0.186 e. The number of hydrogen-bond acceptors (Lipinski definition) is 5. The van der Waals surface area contributed by atoms with Gasteiger partial charge < -0.3 is 4.90 Å². The summed E-state index contributed by atoms with van der Waals surface area (Å²) >= 11 is 1.60. The van der Waals surface area contributed by atoms with E-state index in [1.54, 1.807) is 18.3 Å². The number of ketones is 1. The molecule has 2 aliphatic rings. The molecule has 4 nitrogen and oxygen atoms in total. The summed E-state index contributed by atoms with van der Waals surface area (Å²) in [5.41, 5.74) is 0.609. The van der Waals surface area contributed by atoms with Gasteiger partial charge in [0.2, 0.25) is 0 Å². The van der Waals surface area contributed by atoms with Crippen molar-refractivity contribution in [1.29, 1.82) is 0 Å². The molecule has 0 amide bonds. The number of fused-ring (bicyclic) bond motifs is 2. The van der Waals surface area contributed by atoms with Crippen LogP contribution in [-0.2, 0) is 0 Å². The zero-order valence-electron chi connectivity index (χ0n) is 10.9. The zero-order chi connectivity index (χ0) is 12.7. The molecule has 18 heavy (non-hydrogen) atoms. The van der Waals surface area contributed by atoms with Gasteiger partial charge in [0.1, 0.15) is 5.69 Å². The number of carbonyl (C=O) groups is 1. The Hall–Kier alpha value is -0.940. The molecule has 2 bridgehead atoms. The minimum Gasteiger partial charge on any atom is -0.346 e. The van der Waals surface area contributed by atoms with Gasteiger partial charge >= 0.3 is 0 Å². The summed E-state index contributed by atoms with van der Waals surface area (Å²) in [5.74, 6) is 0.0611. The highest BCUT2D eigenvalue weighted by Crippen LogP contribution is 2.31. The maximum absolute atomic E-state index is 11.3.